The molecule has 0 amide bonds. The van der Waals surface area contributed by atoms with Gasteiger partial charge < -0.3 is 15.0 Å². The van der Waals surface area contributed by atoms with Crippen LogP contribution in [-0.2, 0) is 13.1 Å². The molecule has 16 heavy (non-hydrogen) atoms. The summed E-state index contributed by atoms with van der Waals surface area (Å²) in [7, 11) is 1.66. The Hall–Kier alpha value is -1.81. The zero-order valence-corrected chi connectivity index (χ0v) is 9.26. The van der Waals surface area contributed by atoms with E-state index in [-0.39, 0.29) is 0 Å². The van der Waals surface area contributed by atoms with Crippen molar-refractivity contribution in [3.8, 4) is 5.75 Å². The molecule has 84 valence electrons. The van der Waals surface area contributed by atoms with Crippen molar-refractivity contribution in [2.45, 2.75) is 13.1 Å². The molecule has 0 aliphatic rings. The van der Waals surface area contributed by atoms with E-state index in [0.717, 1.165) is 18.0 Å². The van der Waals surface area contributed by atoms with E-state index in [4.69, 9.17) is 10.5 Å². The van der Waals surface area contributed by atoms with E-state index < -0.39 is 0 Å². The SMILES string of the molecule is COc1ccc(Cn2cncc2CN)cc1. The molecule has 4 heteroatoms. The third kappa shape index (κ3) is 2.23. The van der Waals surface area contributed by atoms with Crippen LogP contribution in [0.2, 0.25) is 0 Å². The standard InChI is InChI=1S/C12H15N3O/c1-16-12-4-2-10(3-5-12)8-15-9-14-7-11(15)6-13/h2-5,7,9H,6,8,13H2,1H3. The molecule has 1 aromatic heterocycles. The lowest BCUT2D eigenvalue weighted by Crippen LogP contribution is -2.07. The Bertz CT molecular complexity index is 448. The van der Waals surface area contributed by atoms with Crippen LogP contribution in [0.3, 0.4) is 0 Å². The summed E-state index contributed by atoms with van der Waals surface area (Å²) in [5, 5.41) is 0. The van der Waals surface area contributed by atoms with Crippen molar-refractivity contribution in [3.63, 3.8) is 0 Å². The lowest BCUT2D eigenvalue weighted by Gasteiger charge is -2.07. The number of methoxy groups -OCH3 is 1. The average molecular weight is 217 g/mol. The Morgan fingerprint density at radius 3 is 2.69 bits per heavy atom. The van der Waals surface area contributed by atoms with Gasteiger partial charge in [0.15, 0.2) is 0 Å². The fourth-order valence-electron chi connectivity index (χ4n) is 1.59. The highest BCUT2D eigenvalue weighted by Gasteiger charge is 2.01. The fourth-order valence-corrected chi connectivity index (χ4v) is 1.59. The maximum Gasteiger partial charge on any atom is 0.118 e. The molecule has 0 spiro atoms. The number of nitrogens with two attached hydrogens (primary N) is 1. The molecule has 2 N–H and O–H groups in total. The van der Waals surface area contributed by atoms with Crippen molar-refractivity contribution in [2.24, 2.45) is 5.73 Å². The maximum atomic E-state index is 5.61. The third-order valence-corrected chi connectivity index (χ3v) is 2.52. The first kappa shape index (κ1) is 10.7. The minimum atomic E-state index is 0.510. The van der Waals surface area contributed by atoms with Gasteiger partial charge in [-0.3, -0.25) is 0 Å². The first-order valence-electron chi connectivity index (χ1n) is 5.15. The second-order valence-electron chi connectivity index (χ2n) is 3.57. The molecule has 0 radical (unpaired) electrons. The molecule has 1 heterocycles. The molecule has 0 aliphatic heterocycles. The smallest absolute Gasteiger partial charge is 0.118 e. The van der Waals surface area contributed by atoms with E-state index in [9.17, 15) is 0 Å². The van der Waals surface area contributed by atoms with Crippen molar-refractivity contribution in [2.75, 3.05) is 7.11 Å². The second-order valence-corrected chi connectivity index (χ2v) is 3.57. The summed E-state index contributed by atoms with van der Waals surface area (Å²) >= 11 is 0. The summed E-state index contributed by atoms with van der Waals surface area (Å²) < 4.78 is 7.15. The molecule has 0 atom stereocenters. The van der Waals surface area contributed by atoms with Crippen molar-refractivity contribution in [1.29, 1.82) is 0 Å². The molecule has 1 aromatic carbocycles. The van der Waals surface area contributed by atoms with Gasteiger partial charge in [0, 0.05) is 19.3 Å². The normalized spacial score (nSPS) is 10.4. The summed E-state index contributed by atoms with van der Waals surface area (Å²) in [6, 6.07) is 7.99. The number of rotatable bonds is 4. The van der Waals surface area contributed by atoms with Crippen LogP contribution in [0.1, 0.15) is 11.3 Å². The summed E-state index contributed by atoms with van der Waals surface area (Å²) in [5.41, 5.74) is 7.85. The summed E-state index contributed by atoms with van der Waals surface area (Å²) in [5.74, 6) is 0.869. The molecule has 0 bridgehead atoms. The van der Waals surface area contributed by atoms with E-state index in [1.165, 1.54) is 5.56 Å². The summed E-state index contributed by atoms with van der Waals surface area (Å²) in [4.78, 5) is 4.08. The number of imidazole rings is 1. The Morgan fingerprint density at radius 2 is 2.06 bits per heavy atom. The van der Waals surface area contributed by atoms with Gasteiger partial charge in [-0.05, 0) is 17.7 Å². The number of hydrogen-bond donors (Lipinski definition) is 1. The quantitative estimate of drug-likeness (QED) is 0.842. The van der Waals surface area contributed by atoms with Gasteiger partial charge in [0.25, 0.3) is 0 Å². The highest BCUT2D eigenvalue weighted by atomic mass is 16.5. The minimum absolute atomic E-state index is 0.510. The highest BCUT2D eigenvalue weighted by molar-refractivity contribution is 5.27. The van der Waals surface area contributed by atoms with Crippen LogP contribution >= 0.6 is 0 Å². The van der Waals surface area contributed by atoms with Gasteiger partial charge in [-0.1, -0.05) is 12.1 Å². The zero-order chi connectivity index (χ0) is 11.4. The van der Waals surface area contributed by atoms with Crippen molar-refractivity contribution < 1.29 is 4.74 Å². The molecule has 4 nitrogen and oxygen atoms in total. The molecule has 0 fully saturated rings. The molecule has 2 aromatic rings. The summed E-state index contributed by atoms with van der Waals surface area (Å²) in [6.45, 7) is 1.30. The first-order valence-corrected chi connectivity index (χ1v) is 5.15. The molecule has 0 saturated heterocycles. The van der Waals surface area contributed by atoms with E-state index in [2.05, 4.69) is 4.98 Å². The van der Waals surface area contributed by atoms with Crippen LogP contribution in [-0.4, -0.2) is 16.7 Å². The Morgan fingerprint density at radius 1 is 1.31 bits per heavy atom. The highest BCUT2D eigenvalue weighted by Crippen LogP contribution is 2.13. The number of aromatic nitrogens is 2. The minimum Gasteiger partial charge on any atom is -0.497 e. The molecule has 2 rings (SSSR count). The third-order valence-electron chi connectivity index (χ3n) is 2.52. The lowest BCUT2D eigenvalue weighted by atomic mass is 10.2. The monoisotopic (exact) mass is 217 g/mol. The first-order chi connectivity index (χ1) is 7.83. The van der Waals surface area contributed by atoms with Crippen molar-refractivity contribution in [3.05, 3.63) is 48.0 Å². The van der Waals surface area contributed by atoms with E-state index in [0.29, 0.717) is 6.54 Å². The topological polar surface area (TPSA) is 53.1 Å². The summed E-state index contributed by atoms with van der Waals surface area (Å²) in [6.07, 6.45) is 3.59. The van der Waals surface area contributed by atoms with Crippen molar-refractivity contribution >= 4 is 0 Å². The van der Waals surface area contributed by atoms with Gasteiger partial charge in [0.2, 0.25) is 0 Å². The van der Waals surface area contributed by atoms with Crippen LogP contribution in [0, 0.1) is 0 Å². The molecule has 0 aliphatic carbocycles. The van der Waals surface area contributed by atoms with Crippen LogP contribution in [0.15, 0.2) is 36.8 Å². The largest absolute Gasteiger partial charge is 0.497 e. The Kier molecular flexibility index (Phi) is 3.22. The Labute approximate surface area is 94.7 Å². The van der Waals surface area contributed by atoms with Crippen LogP contribution in [0.5, 0.6) is 5.75 Å². The molecule has 0 unspecified atom stereocenters. The van der Waals surface area contributed by atoms with Crippen LogP contribution < -0.4 is 10.5 Å². The van der Waals surface area contributed by atoms with Gasteiger partial charge in [0.05, 0.1) is 19.1 Å². The van der Waals surface area contributed by atoms with Crippen molar-refractivity contribution in [1.82, 2.24) is 9.55 Å². The molecular formula is C12H15N3O. The number of nitrogens with zero attached hydrogens (tertiary/aromatic N) is 2. The number of hydrogen-bond acceptors (Lipinski definition) is 3. The van der Waals surface area contributed by atoms with Gasteiger partial charge >= 0.3 is 0 Å². The number of benzene rings is 1. The average Bonchev–Trinajstić information content (AvgIpc) is 2.77. The van der Waals surface area contributed by atoms with Gasteiger partial charge in [0.1, 0.15) is 5.75 Å². The van der Waals surface area contributed by atoms with E-state index >= 15 is 0 Å². The van der Waals surface area contributed by atoms with Crippen LogP contribution in [0.4, 0.5) is 0 Å². The van der Waals surface area contributed by atoms with Gasteiger partial charge in [-0.15, -0.1) is 0 Å². The molecular weight excluding hydrogens is 202 g/mol. The van der Waals surface area contributed by atoms with Gasteiger partial charge in [-0.25, -0.2) is 4.98 Å². The number of ether oxygens (including phenoxy) is 1. The maximum absolute atomic E-state index is 5.61. The molecule has 0 saturated carbocycles. The zero-order valence-electron chi connectivity index (χ0n) is 9.26. The Balaban J connectivity index is 2.14. The predicted molar refractivity (Wildman–Crippen MR) is 62.2 cm³/mol. The van der Waals surface area contributed by atoms with E-state index in [1.807, 2.05) is 28.8 Å². The lowest BCUT2D eigenvalue weighted by molar-refractivity contribution is 0.414. The second kappa shape index (κ2) is 4.81. The van der Waals surface area contributed by atoms with Gasteiger partial charge in [-0.2, -0.15) is 0 Å². The fraction of sp³-hybridized carbons (Fsp3) is 0.250. The predicted octanol–water partition coefficient (Wildman–Crippen LogP) is 1.40. The van der Waals surface area contributed by atoms with Crippen LogP contribution in [0.25, 0.3) is 0 Å². The van der Waals surface area contributed by atoms with E-state index in [1.54, 1.807) is 19.6 Å².